The van der Waals surface area contributed by atoms with E-state index in [-0.39, 0.29) is 29.1 Å². The largest absolute Gasteiger partial charge is 0.355 e. The van der Waals surface area contributed by atoms with Crippen molar-refractivity contribution in [2.45, 2.75) is 52.4 Å². The van der Waals surface area contributed by atoms with Crippen LogP contribution in [-0.4, -0.2) is 30.5 Å². The van der Waals surface area contributed by atoms with E-state index in [9.17, 15) is 4.79 Å². The van der Waals surface area contributed by atoms with Crippen LogP contribution in [0, 0.1) is 10.8 Å². The van der Waals surface area contributed by atoms with E-state index >= 15 is 0 Å². The standard InChI is InChI=1S/C17H27N3OS.ClH/c1-12(2)14-20-13(10-22-14)4-7-19-15(21)16(3)11-17(16)5-8-18-9-6-17;/h10,12,18H,4-9,11H2,1-3H3,(H,19,21);1H. The van der Waals surface area contributed by atoms with Gasteiger partial charge in [0.1, 0.15) is 0 Å². The van der Waals surface area contributed by atoms with Gasteiger partial charge in [-0.15, -0.1) is 23.7 Å². The second kappa shape index (κ2) is 7.08. The van der Waals surface area contributed by atoms with E-state index in [0.29, 0.717) is 12.5 Å². The van der Waals surface area contributed by atoms with Crippen LogP contribution < -0.4 is 10.6 Å². The summed E-state index contributed by atoms with van der Waals surface area (Å²) in [6.07, 6.45) is 4.17. The number of piperidine rings is 1. The smallest absolute Gasteiger partial charge is 0.226 e. The van der Waals surface area contributed by atoms with Gasteiger partial charge in [0.15, 0.2) is 0 Å². The van der Waals surface area contributed by atoms with Gasteiger partial charge in [0.05, 0.1) is 16.1 Å². The molecule has 0 aromatic carbocycles. The first-order valence-electron chi connectivity index (χ1n) is 8.40. The molecule has 4 nitrogen and oxygen atoms in total. The van der Waals surface area contributed by atoms with Crippen LogP contribution in [0.4, 0.5) is 0 Å². The molecule has 2 fully saturated rings. The molecule has 3 rings (SSSR count). The summed E-state index contributed by atoms with van der Waals surface area (Å²) in [7, 11) is 0. The molecule has 2 heterocycles. The number of hydrogen-bond donors (Lipinski definition) is 2. The van der Waals surface area contributed by atoms with Gasteiger partial charge in [-0.1, -0.05) is 20.8 Å². The van der Waals surface area contributed by atoms with Crippen molar-refractivity contribution in [2.75, 3.05) is 19.6 Å². The lowest BCUT2D eigenvalue weighted by Gasteiger charge is -2.27. The first-order valence-corrected chi connectivity index (χ1v) is 9.28. The van der Waals surface area contributed by atoms with Gasteiger partial charge in [-0.3, -0.25) is 4.79 Å². The van der Waals surface area contributed by atoms with Crippen molar-refractivity contribution in [3.05, 3.63) is 16.1 Å². The number of carbonyl (C=O) groups excluding carboxylic acids is 1. The van der Waals surface area contributed by atoms with Gasteiger partial charge in [-0.05, 0) is 37.8 Å². The SMILES string of the molecule is CC(C)c1nc(CCNC(=O)C2(C)CC23CCNCC3)cs1.Cl. The van der Waals surface area contributed by atoms with Crippen molar-refractivity contribution in [3.63, 3.8) is 0 Å². The lowest BCUT2D eigenvalue weighted by molar-refractivity contribution is -0.127. The van der Waals surface area contributed by atoms with E-state index in [1.807, 2.05) is 0 Å². The Morgan fingerprint density at radius 3 is 2.74 bits per heavy atom. The molecular weight excluding hydrogens is 330 g/mol. The highest BCUT2D eigenvalue weighted by Crippen LogP contribution is 2.68. The highest BCUT2D eigenvalue weighted by Gasteiger charge is 2.67. The molecule has 1 aliphatic heterocycles. The van der Waals surface area contributed by atoms with Crippen LogP contribution in [-0.2, 0) is 11.2 Å². The molecule has 6 heteroatoms. The van der Waals surface area contributed by atoms with Crippen LogP contribution >= 0.6 is 23.7 Å². The summed E-state index contributed by atoms with van der Waals surface area (Å²) in [6, 6.07) is 0. The van der Waals surface area contributed by atoms with Gasteiger partial charge >= 0.3 is 0 Å². The van der Waals surface area contributed by atoms with Crippen molar-refractivity contribution >= 4 is 29.7 Å². The van der Waals surface area contributed by atoms with Gasteiger partial charge in [-0.25, -0.2) is 4.98 Å². The molecule has 1 unspecified atom stereocenters. The molecule has 1 aromatic rings. The summed E-state index contributed by atoms with van der Waals surface area (Å²) in [5.74, 6) is 0.729. The number of thiazole rings is 1. The first kappa shape index (κ1) is 18.7. The summed E-state index contributed by atoms with van der Waals surface area (Å²) in [4.78, 5) is 17.2. The van der Waals surface area contributed by atoms with Crippen molar-refractivity contribution < 1.29 is 4.79 Å². The minimum atomic E-state index is -0.139. The van der Waals surface area contributed by atoms with E-state index in [1.54, 1.807) is 11.3 Å². The van der Waals surface area contributed by atoms with Crippen LogP contribution in [0.3, 0.4) is 0 Å². The third-order valence-corrected chi connectivity index (χ3v) is 6.72. The van der Waals surface area contributed by atoms with E-state index in [4.69, 9.17) is 0 Å². The third-order valence-electron chi connectivity index (χ3n) is 5.53. The third kappa shape index (κ3) is 3.57. The predicted octanol–water partition coefficient (Wildman–Crippen LogP) is 3.13. The maximum atomic E-state index is 12.6. The fourth-order valence-corrected chi connectivity index (χ4v) is 4.66. The Morgan fingerprint density at radius 2 is 2.13 bits per heavy atom. The van der Waals surface area contributed by atoms with Crippen LogP contribution in [0.5, 0.6) is 0 Å². The maximum absolute atomic E-state index is 12.6. The summed E-state index contributed by atoms with van der Waals surface area (Å²) >= 11 is 1.72. The maximum Gasteiger partial charge on any atom is 0.226 e. The van der Waals surface area contributed by atoms with Gasteiger partial charge < -0.3 is 10.6 Å². The zero-order valence-electron chi connectivity index (χ0n) is 14.3. The monoisotopic (exact) mass is 357 g/mol. The summed E-state index contributed by atoms with van der Waals surface area (Å²) in [5, 5.41) is 9.85. The lowest BCUT2D eigenvalue weighted by atomic mass is 9.85. The molecule has 0 radical (unpaired) electrons. The highest BCUT2D eigenvalue weighted by atomic mass is 35.5. The molecule has 1 aromatic heterocycles. The number of rotatable bonds is 5. The molecule has 130 valence electrons. The van der Waals surface area contributed by atoms with Crippen LogP contribution in [0.15, 0.2) is 5.38 Å². The van der Waals surface area contributed by atoms with Crippen molar-refractivity contribution in [3.8, 4) is 0 Å². The Bertz CT molecular complexity index is 554. The molecule has 2 aliphatic rings. The number of nitrogens with zero attached hydrogens (tertiary/aromatic N) is 1. The van der Waals surface area contributed by atoms with E-state index < -0.39 is 0 Å². The Kier molecular flexibility index (Phi) is 5.75. The highest BCUT2D eigenvalue weighted by molar-refractivity contribution is 7.09. The molecule has 1 atom stereocenters. The van der Waals surface area contributed by atoms with E-state index in [1.165, 1.54) is 5.01 Å². The number of aromatic nitrogens is 1. The van der Waals surface area contributed by atoms with Crippen molar-refractivity contribution in [1.82, 2.24) is 15.6 Å². The minimum absolute atomic E-state index is 0. The van der Waals surface area contributed by atoms with Gasteiger partial charge in [-0.2, -0.15) is 0 Å². The molecule has 23 heavy (non-hydrogen) atoms. The van der Waals surface area contributed by atoms with Crippen LogP contribution in [0.1, 0.15) is 56.7 Å². The number of carbonyl (C=O) groups is 1. The Labute approximate surface area is 149 Å². The fourth-order valence-electron chi connectivity index (χ4n) is 3.79. The Hall–Kier alpha value is -0.650. The topological polar surface area (TPSA) is 54.0 Å². The minimum Gasteiger partial charge on any atom is -0.355 e. The quantitative estimate of drug-likeness (QED) is 0.851. The van der Waals surface area contributed by atoms with Crippen LogP contribution in [0.2, 0.25) is 0 Å². The number of amides is 1. The average Bonchev–Trinajstić information content (AvgIpc) is 2.88. The van der Waals surface area contributed by atoms with E-state index in [2.05, 4.69) is 41.8 Å². The van der Waals surface area contributed by atoms with Crippen molar-refractivity contribution in [1.29, 1.82) is 0 Å². The average molecular weight is 358 g/mol. The number of halogens is 1. The molecule has 2 N–H and O–H groups in total. The second-order valence-corrected chi connectivity index (χ2v) is 8.27. The molecule has 0 bridgehead atoms. The Morgan fingerprint density at radius 1 is 1.43 bits per heavy atom. The fraction of sp³-hybridized carbons (Fsp3) is 0.765. The summed E-state index contributed by atoms with van der Waals surface area (Å²) < 4.78 is 0. The lowest BCUT2D eigenvalue weighted by Crippen LogP contribution is -2.39. The zero-order chi connectivity index (χ0) is 15.8. The van der Waals surface area contributed by atoms with E-state index in [0.717, 1.165) is 44.5 Å². The number of hydrogen-bond acceptors (Lipinski definition) is 4. The summed E-state index contributed by atoms with van der Waals surface area (Å²) in [6.45, 7) is 9.28. The summed E-state index contributed by atoms with van der Waals surface area (Å²) in [5.41, 5.74) is 1.24. The van der Waals surface area contributed by atoms with Crippen LogP contribution in [0.25, 0.3) is 0 Å². The molecule has 1 amide bonds. The first-order chi connectivity index (χ1) is 10.5. The molecule has 1 aliphatic carbocycles. The Balaban J connectivity index is 0.00000192. The zero-order valence-corrected chi connectivity index (χ0v) is 15.9. The number of nitrogens with one attached hydrogen (secondary N) is 2. The van der Waals surface area contributed by atoms with Gasteiger partial charge in [0.25, 0.3) is 0 Å². The molecular formula is C17H28ClN3OS. The molecule has 1 spiro atoms. The van der Waals surface area contributed by atoms with Gasteiger partial charge in [0.2, 0.25) is 5.91 Å². The van der Waals surface area contributed by atoms with Crippen molar-refractivity contribution in [2.24, 2.45) is 10.8 Å². The second-order valence-electron chi connectivity index (χ2n) is 7.38. The molecule has 1 saturated heterocycles. The predicted molar refractivity (Wildman–Crippen MR) is 97.4 cm³/mol. The van der Waals surface area contributed by atoms with Gasteiger partial charge in [0, 0.05) is 24.3 Å². The molecule has 1 saturated carbocycles. The normalized spacial score (nSPS) is 25.2.